The van der Waals surface area contributed by atoms with Crippen LogP contribution in [0.4, 0.5) is 0 Å². The van der Waals surface area contributed by atoms with E-state index in [2.05, 4.69) is 41.5 Å². The maximum atomic E-state index is 10.5. The van der Waals surface area contributed by atoms with Crippen molar-refractivity contribution < 1.29 is 57.0 Å². The summed E-state index contributed by atoms with van der Waals surface area (Å²) in [4.78, 5) is 36.3. The van der Waals surface area contributed by atoms with Crippen molar-refractivity contribution >= 4 is 17.9 Å². The fourth-order valence-corrected chi connectivity index (χ4v) is 3.87. The van der Waals surface area contributed by atoms with Gasteiger partial charge in [-0.2, -0.15) is 0 Å². The molecule has 2 aromatic carbocycles. The van der Waals surface area contributed by atoms with Crippen LogP contribution in [-0.4, -0.2) is 38.1 Å². The predicted octanol–water partition coefficient (Wildman–Crippen LogP) is 3.75. The van der Waals surface area contributed by atoms with Crippen LogP contribution in [0.1, 0.15) is 73.4 Å². The summed E-state index contributed by atoms with van der Waals surface area (Å²) >= 11 is 0. The molecule has 4 rings (SSSR count). The van der Waals surface area contributed by atoms with Gasteiger partial charge in [0.2, 0.25) is 0 Å². The monoisotopic (exact) mass is 684 g/mol. The van der Waals surface area contributed by atoms with Crippen LogP contribution >= 0.6 is 0 Å². The molecule has 2 heterocycles. The van der Waals surface area contributed by atoms with Crippen LogP contribution in [0.3, 0.4) is 0 Å². The zero-order valence-corrected chi connectivity index (χ0v) is 29.2. The molecule has 2 N–H and O–H groups in total. The summed E-state index contributed by atoms with van der Waals surface area (Å²) in [5, 5.41) is 47.8. The van der Waals surface area contributed by atoms with Gasteiger partial charge in [0.25, 0.3) is 0 Å². The van der Waals surface area contributed by atoms with Crippen molar-refractivity contribution in [2.75, 3.05) is 0 Å². The quantitative estimate of drug-likeness (QED) is 0.301. The SMILES string of the molecule is CC(=O)[O-].CC(=O)[O-].CC(=O)[O-].CC(C)(C)c1ccc(O)c(-c2cccc(-c3cccc(-c4cc(C(C)(C)C)ccc4O)n3)n2)c1.[Mn+3]. The Morgan fingerprint density at radius 3 is 1.04 bits per heavy atom. The Kier molecular flexibility index (Phi) is 16.6. The predicted molar refractivity (Wildman–Crippen MR) is 171 cm³/mol. The Labute approximate surface area is 286 Å². The minimum Gasteiger partial charge on any atom is -0.550 e. The van der Waals surface area contributed by atoms with Gasteiger partial charge >= 0.3 is 17.1 Å². The zero-order chi connectivity index (χ0) is 35.4. The van der Waals surface area contributed by atoms with E-state index >= 15 is 0 Å². The number of nitrogens with zero attached hydrogens (tertiary/aromatic N) is 2. The van der Waals surface area contributed by atoms with E-state index < -0.39 is 17.9 Å². The number of aliphatic carboxylic acids is 3. The van der Waals surface area contributed by atoms with Gasteiger partial charge in [0.1, 0.15) is 11.5 Å². The Morgan fingerprint density at radius 1 is 0.532 bits per heavy atom. The minimum atomic E-state index is -1.08. The van der Waals surface area contributed by atoms with Crippen molar-refractivity contribution in [1.29, 1.82) is 0 Å². The molecule has 4 aromatic rings. The summed E-state index contributed by atoms with van der Waals surface area (Å²) in [6.45, 7) is 15.8. The van der Waals surface area contributed by atoms with E-state index in [4.69, 9.17) is 39.7 Å². The van der Waals surface area contributed by atoms with Gasteiger partial charge in [-0.3, -0.25) is 0 Å². The Hall–Kier alpha value is -4.73. The summed E-state index contributed by atoms with van der Waals surface area (Å²) in [6.07, 6.45) is 0. The third-order valence-electron chi connectivity index (χ3n) is 6.04. The molecule has 11 heteroatoms. The van der Waals surface area contributed by atoms with Crippen molar-refractivity contribution in [3.05, 3.63) is 83.9 Å². The zero-order valence-electron chi connectivity index (χ0n) is 28.0. The number of hydrogen-bond acceptors (Lipinski definition) is 10. The van der Waals surface area contributed by atoms with Gasteiger partial charge in [0.05, 0.1) is 22.8 Å². The number of benzene rings is 2. The normalized spacial score (nSPS) is 10.3. The molecule has 0 aliphatic rings. The van der Waals surface area contributed by atoms with Gasteiger partial charge in [-0.05, 0) is 91.3 Å². The van der Waals surface area contributed by atoms with Crippen molar-refractivity contribution in [1.82, 2.24) is 9.97 Å². The maximum Gasteiger partial charge on any atom is 3.00 e. The van der Waals surface area contributed by atoms with Crippen molar-refractivity contribution in [2.24, 2.45) is 0 Å². The van der Waals surface area contributed by atoms with E-state index in [9.17, 15) is 10.2 Å². The second-order valence-corrected chi connectivity index (χ2v) is 12.3. The second kappa shape index (κ2) is 18.4. The van der Waals surface area contributed by atoms with Gasteiger partial charge in [-0.25, -0.2) is 9.97 Å². The molecule has 10 nitrogen and oxygen atoms in total. The summed E-state index contributed by atoms with van der Waals surface area (Å²) in [5.74, 6) is -2.86. The van der Waals surface area contributed by atoms with Crippen molar-refractivity contribution in [3.63, 3.8) is 0 Å². The number of phenols is 2. The number of carbonyl (C=O) groups excluding carboxylic acids is 3. The molecule has 0 amide bonds. The van der Waals surface area contributed by atoms with Crippen LogP contribution in [0, 0.1) is 0 Å². The number of carbonyl (C=O) groups is 3. The first-order valence-corrected chi connectivity index (χ1v) is 14.3. The molecular weight excluding hydrogens is 643 g/mol. The molecule has 2 aromatic heterocycles. The van der Waals surface area contributed by atoms with Crippen molar-refractivity contribution in [2.45, 2.75) is 73.1 Å². The number of hydrogen-bond donors (Lipinski definition) is 2. The molecular formula is C36H41MnN2O8. The van der Waals surface area contributed by atoms with Crippen LogP contribution in [0.25, 0.3) is 33.9 Å². The molecule has 47 heavy (non-hydrogen) atoms. The third-order valence-corrected chi connectivity index (χ3v) is 6.04. The van der Waals surface area contributed by atoms with Crippen LogP contribution < -0.4 is 15.3 Å². The van der Waals surface area contributed by atoms with E-state index in [1.807, 2.05) is 60.7 Å². The average molecular weight is 685 g/mol. The third kappa shape index (κ3) is 14.9. The standard InChI is InChI=1S/C30H32N2O2.3C2H4O2.Mn/c1-29(2,3)19-13-15-27(33)21(17-19)23-9-7-11-25(31-23)26-12-8-10-24(32-26)22-18-20(30(4,5)6)14-16-28(22)34;3*1-2(3)4;/h7-18,33-34H,1-6H3;3*1H3,(H,3,4);/q;;;;+3/p-3. The Morgan fingerprint density at radius 2 is 0.787 bits per heavy atom. The van der Waals surface area contributed by atoms with Crippen LogP contribution in [0.5, 0.6) is 11.5 Å². The summed E-state index contributed by atoms with van der Waals surface area (Å²) < 4.78 is 0. The molecule has 0 fully saturated rings. The Balaban J connectivity index is 0.00000141. The number of carboxylic acid groups (broad SMARTS) is 3. The van der Waals surface area contributed by atoms with E-state index in [0.717, 1.165) is 31.9 Å². The van der Waals surface area contributed by atoms with Gasteiger partial charge in [0.15, 0.2) is 0 Å². The number of carboxylic acids is 3. The fraction of sp³-hybridized carbons (Fsp3) is 0.306. The molecule has 0 unspecified atom stereocenters. The number of rotatable bonds is 3. The largest absolute Gasteiger partial charge is 3.00 e. The van der Waals surface area contributed by atoms with E-state index in [0.29, 0.717) is 33.9 Å². The van der Waals surface area contributed by atoms with Gasteiger partial charge < -0.3 is 39.9 Å². The molecule has 0 aliphatic carbocycles. The van der Waals surface area contributed by atoms with Gasteiger partial charge in [-0.1, -0.05) is 65.8 Å². The number of pyridine rings is 2. The van der Waals surface area contributed by atoms with Crippen LogP contribution in [0.15, 0.2) is 72.8 Å². The maximum absolute atomic E-state index is 10.5. The van der Waals surface area contributed by atoms with Gasteiger partial charge in [-0.15, -0.1) is 0 Å². The van der Waals surface area contributed by atoms with Crippen LogP contribution in [0.2, 0.25) is 0 Å². The average Bonchev–Trinajstić information content (AvgIpc) is 2.91. The smallest absolute Gasteiger partial charge is 0.550 e. The van der Waals surface area contributed by atoms with Crippen LogP contribution in [-0.2, 0) is 42.3 Å². The number of aromatic nitrogens is 2. The summed E-state index contributed by atoms with van der Waals surface area (Å²) in [5.41, 5.74) is 6.33. The first-order chi connectivity index (χ1) is 21.1. The summed E-state index contributed by atoms with van der Waals surface area (Å²) in [7, 11) is 0. The molecule has 0 atom stereocenters. The molecule has 250 valence electrons. The van der Waals surface area contributed by atoms with Gasteiger partial charge in [0, 0.05) is 29.0 Å². The second-order valence-electron chi connectivity index (χ2n) is 12.3. The van der Waals surface area contributed by atoms with Crippen molar-refractivity contribution in [3.8, 4) is 45.4 Å². The molecule has 0 saturated heterocycles. The molecule has 0 aliphatic heterocycles. The molecule has 0 saturated carbocycles. The van der Waals surface area contributed by atoms with E-state index in [1.165, 1.54) is 0 Å². The topological polar surface area (TPSA) is 187 Å². The number of aromatic hydroxyl groups is 2. The molecule has 0 radical (unpaired) electrons. The minimum absolute atomic E-state index is 0. The number of phenolic OH excluding ortho intramolecular Hbond substituents is 2. The van der Waals surface area contributed by atoms with E-state index in [1.54, 1.807) is 12.1 Å². The first kappa shape index (κ1) is 42.3. The fourth-order valence-electron chi connectivity index (χ4n) is 3.87. The Bertz CT molecular complexity index is 1510. The first-order valence-electron chi connectivity index (χ1n) is 14.3. The molecule has 0 spiro atoms. The molecule has 0 bridgehead atoms. The van der Waals surface area contributed by atoms with E-state index in [-0.39, 0.29) is 39.4 Å². The summed E-state index contributed by atoms with van der Waals surface area (Å²) in [6, 6.07) is 22.8.